The summed E-state index contributed by atoms with van der Waals surface area (Å²) < 4.78 is 17.7. The van der Waals surface area contributed by atoms with Gasteiger partial charge in [-0.3, -0.25) is 4.79 Å². The molecule has 0 fully saturated rings. The summed E-state index contributed by atoms with van der Waals surface area (Å²) in [5, 5.41) is 9.65. The van der Waals surface area contributed by atoms with E-state index in [1.54, 1.807) is 6.07 Å². The molecule has 16 heavy (non-hydrogen) atoms. The third-order valence-corrected chi connectivity index (χ3v) is 2.06. The highest BCUT2D eigenvalue weighted by atomic mass is 19.1. The minimum atomic E-state index is -1.01. The van der Waals surface area contributed by atoms with Crippen molar-refractivity contribution in [2.75, 3.05) is 6.61 Å². The molecule has 0 bridgehead atoms. The van der Waals surface area contributed by atoms with Gasteiger partial charge in [0.05, 0.1) is 19.1 Å². The lowest BCUT2D eigenvalue weighted by Gasteiger charge is -2.10. The fourth-order valence-electron chi connectivity index (χ4n) is 1.26. The van der Waals surface area contributed by atoms with Crippen molar-refractivity contribution in [3.05, 3.63) is 35.6 Å². The average molecular weight is 226 g/mol. The normalized spacial score (nSPS) is 12.2. The molecule has 4 heteroatoms. The second kappa shape index (κ2) is 6.23. The van der Waals surface area contributed by atoms with E-state index >= 15 is 0 Å². The lowest BCUT2D eigenvalue weighted by Crippen LogP contribution is -2.10. The van der Waals surface area contributed by atoms with Crippen LogP contribution in [-0.4, -0.2) is 17.7 Å². The van der Waals surface area contributed by atoms with Crippen molar-refractivity contribution in [1.82, 2.24) is 0 Å². The highest BCUT2D eigenvalue weighted by molar-refractivity contribution is 5.70. The van der Waals surface area contributed by atoms with Crippen LogP contribution in [0.3, 0.4) is 0 Å². The Labute approximate surface area is 93.9 Å². The van der Waals surface area contributed by atoms with Gasteiger partial charge >= 0.3 is 5.97 Å². The van der Waals surface area contributed by atoms with Gasteiger partial charge in [0, 0.05) is 0 Å². The number of esters is 1. The van der Waals surface area contributed by atoms with Crippen molar-refractivity contribution >= 4 is 5.97 Å². The summed E-state index contributed by atoms with van der Waals surface area (Å²) in [6, 6.07) is 5.55. The maximum absolute atomic E-state index is 12.8. The second-order valence-electron chi connectivity index (χ2n) is 3.50. The van der Waals surface area contributed by atoms with Gasteiger partial charge in [0.2, 0.25) is 0 Å². The molecule has 0 aliphatic carbocycles. The summed E-state index contributed by atoms with van der Waals surface area (Å²) in [7, 11) is 0. The molecular formula is C12H15FO3. The molecule has 0 aliphatic rings. The lowest BCUT2D eigenvalue weighted by molar-refractivity contribution is -0.146. The zero-order valence-electron chi connectivity index (χ0n) is 9.15. The number of rotatable bonds is 5. The van der Waals surface area contributed by atoms with E-state index in [1.165, 1.54) is 18.2 Å². The van der Waals surface area contributed by atoms with Crippen LogP contribution in [-0.2, 0) is 9.53 Å². The zero-order valence-corrected chi connectivity index (χ0v) is 9.15. The van der Waals surface area contributed by atoms with Gasteiger partial charge in [-0.25, -0.2) is 4.39 Å². The van der Waals surface area contributed by atoms with Gasteiger partial charge in [-0.15, -0.1) is 0 Å². The first-order valence-electron chi connectivity index (χ1n) is 5.22. The summed E-state index contributed by atoms with van der Waals surface area (Å²) in [5.41, 5.74) is 0.383. The monoisotopic (exact) mass is 226 g/mol. The van der Waals surface area contributed by atoms with E-state index in [0.717, 1.165) is 6.42 Å². The molecule has 0 saturated heterocycles. The van der Waals surface area contributed by atoms with E-state index in [4.69, 9.17) is 4.74 Å². The van der Waals surface area contributed by atoms with E-state index in [0.29, 0.717) is 12.2 Å². The van der Waals surface area contributed by atoms with Crippen LogP contribution in [0.25, 0.3) is 0 Å². The highest BCUT2D eigenvalue weighted by Gasteiger charge is 2.14. The van der Waals surface area contributed by atoms with Gasteiger partial charge in [-0.05, 0) is 24.1 Å². The van der Waals surface area contributed by atoms with Crippen molar-refractivity contribution in [3.8, 4) is 0 Å². The second-order valence-corrected chi connectivity index (χ2v) is 3.50. The van der Waals surface area contributed by atoms with Gasteiger partial charge < -0.3 is 9.84 Å². The Morgan fingerprint density at radius 1 is 1.56 bits per heavy atom. The van der Waals surface area contributed by atoms with Crippen LogP contribution < -0.4 is 0 Å². The molecule has 1 N–H and O–H groups in total. The van der Waals surface area contributed by atoms with Gasteiger partial charge in [-0.2, -0.15) is 0 Å². The van der Waals surface area contributed by atoms with Crippen molar-refractivity contribution in [3.63, 3.8) is 0 Å². The molecule has 0 aromatic heterocycles. The Kier molecular flexibility index (Phi) is 4.92. The molecule has 3 nitrogen and oxygen atoms in total. The molecule has 0 amide bonds. The van der Waals surface area contributed by atoms with E-state index < -0.39 is 17.9 Å². The van der Waals surface area contributed by atoms with Crippen molar-refractivity contribution in [2.24, 2.45) is 0 Å². The molecule has 1 aromatic carbocycles. The van der Waals surface area contributed by atoms with Crippen LogP contribution in [0.5, 0.6) is 0 Å². The number of halogens is 1. The molecule has 1 atom stereocenters. The van der Waals surface area contributed by atoms with Gasteiger partial charge in [-0.1, -0.05) is 19.1 Å². The van der Waals surface area contributed by atoms with Crippen LogP contribution in [0.4, 0.5) is 4.39 Å². The fraction of sp³-hybridized carbons (Fsp3) is 0.417. The van der Waals surface area contributed by atoms with Gasteiger partial charge in [0.25, 0.3) is 0 Å². The fourth-order valence-corrected chi connectivity index (χ4v) is 1.26. The number of hydrogen-bond donors (Lipinski definition) is 1. The maximum atomic E-state index is 12.8. The van der Waals surface area contributed by atoms with Gasteiger partial charge in [0.1, 0.15) is 5.82 Å². The summed E-state index contributed by atoms with van der Waals surface area (Å²) >= 11 is 0. The number of benzene rings is 1. The van der Waals surface area contributed by atoms with E-state index in [1.807, 2.05) is 6.92 Å². The number of aliphatic hydroxyl groups is 1. The van der Waals surface area contributed by atoms with Crippen LogP contribution in [0.2, 0.25) is 0 Å². The van der Waals surface area contributed by atoms with E-state index in [9.17, 15) is 14.3 Å². The topological polar surface area (TPSA) is 46.5 Å². The van der Waals surface area contributed by atoms with Crippen LogP contribution in [0.1, 0.15) is 31.4 Å². The predicted octanol–water partition coefficient (Wildman–Crippen LogP) is 2.20. The SMILES string of the molecule is CCCOC(=O)C[C@H](O)c1cccc(F)c1. The first kappa shape index (κ1) is 12.6. The maximum Gasteiger partial charge on any atom is 0.308 e. The first-order valence-corrected chi connectivity index (χ1v) is 5.22. The average Bonchev–Trinajstić information content (AvgIpc) is 2.26. The number of ether oxygens (including phenoxy) is 1. The Morgan fingerprint density at radius 2 is 2.31 bits per heavy atom. The Morgan fingerprint density at radius 3 is 2.94 bits per heavy atom. The standard InChI is InChI=1S/C12H15FO3/c1-2-6-16-12(15)8-11(14)9-4-3-5-10(13)7-9/h3-5,7,11,14H,2,6,8H2,1H3/t11-/m0/s1. The van der Waals surface area contributed by atoms with Crippen molar-refractivity contribution in [1.29, 1.82) is 0 Å². The molecule has 0 saturated carbocycles. The number of aliphatic hydroxyl groups excluding tert-OH is 1. The Balaban J connectivity index is 2.52. The zero-order chi connectivity index (χ0) is 12.0. The van der Waals surface area contributed by atoms with Crippen molar-refractivity contribution < 1.29 is 19.0 Å². The molecule has 0 heterocycles. The molecular weight excluding hydrogens is 211 g/mol. The van der Waals surface area contributed by atoms with Crippen LogP contribution in [0, 0.1) is 5.82 Å². The van der Waals surface area contributed by atoms with Crippen LogP contribution >= 0.6 is 0 Å². The first-order chi connectivity index (χ1) is 7.63. The van der Waals surface area contributed by atoms with Crippen molar-refractivity contribution in [2.45, 2.75) is 25.9 Å². The molecule has 1 rings (SSSR count). The highest BCUT2D eigenvalue weighted by Crippen LogP contribution is 2.17. The Hall–Kier alpha value is -1.42. The lowest BCUT2D eigenvalue weighted by atomic mass is 10.1. The molecule has 0 unspecified atom stereocenters. The molecule has 0 spiro atoms. The third-order valence-electron chi connectivity index (χ3n) is 2.06. The number of carbonyl (C=O) groups excluding carboxylic acids is 1. The van der Waals surface area contributed by atoms with Gasteiger partial charge in [0.15, 0.2) is 0 Å². The molecule has 0 radical (unpaired) electrons. The smallest absolute Gasteiger partial charge is 0.308 e. The van der Waals surface area contributed by atoms with Crippen LogP contribution in [0.15, 0.2) is 24.3 Å². The summed E-state index contributed by atoms with van der Waals surface area (Å²) in [6.07, 6.45) is -0.425. The quantitative estimate of drug-likeness (QED) is 0.783. The third kappa shape index (κ3) is 3.98. The summed E-state index contributed by atoms with van der Waals surface area (Å²) in [6.45, 7) is 2.23. The van der Waals surface area contributed by atoms with E-state index in [2.05, 4.69) is 0 Å². The number of hydrogen-bond acceptors (Lipinski definition) is 3. The molecule has 1 aromatic rings. The summed E-state index contributed by atoms with van der Waals surface area (Å²) in [5.74, 6) is -0.905. The molecule has 88 valence electrons. The molecule has 0 aliphatic heterocycles. The summed E-state index contributed by atoms with van der Waals surface area (Å²) in [4.78, 5) is 11.2. The number of carbonyl (C=O) groups is 1. The minimum Gasteiger partial charge on any atom is -0.466 e. The largest absolute Gasteiger partial charge is 0.466 e. The minimum absolute atomic E-state index is 0.149. The Bertz CT molecular complexity index is 352. The predicted molar refractivity (Wildman–Crippen MR) is 57.2 cm³/mol. The van der Waals surface area contributed by atoms with E-state index in [-0.39, 0.29) is 6.42 Å².